The summed E-state index contributed by atoms with van der Waals surface area (Å²) in [7, 11) is 0. The van der Waals surface area contributed by atoms with Crippen LogP contribution in [0.1, 0.15) is 24.2 Å². The minimum Gasteiger partial charge on any atom is -0.420 e. The lowest BCUT2D eigenvalue weighted by Gasteiger charge is -2.05. The number of hydrogen-bond donors (Lipinski definition) is 0. The molecule has 0 aromatic heterocycles. The lowest BCUT2D eigenvalue weighted by Crippen LogP contribution is -2.18. The molecule has 1 aromatic carbocycles. The second kappa shape index (κ2) is 4.50. The van der Waals surface area contributed by atoms with Crippen molar-refractivity contribution in [1.82, 2.24) is 0 Å². The third-order valence-electron chi connectivity index (χ3n) is 1.76. The summed E-state index contributed by atoms with van der Waals surface area (Å²) in [5.41, 5.74) is 0.284. The molecule has 78 valence electrons. The summed E-state index contributed by atoms with van der Waals surface area (Å²) in [5.74, 6) is -1.77. The average Bonchev–Trinajstić information content (AvgIpc) is 2.18. The summed E-state index contributed by atoms with van der Waals surface area (Å²) in [6.45, 7) is 2.47. The SMILES string of the molecule is CC(=O)C(=O)Oc1ccccc1C(C)=O. The molecule has 0 aliphatic rings. The fourth-order valence-corrected chi connectivity index (χ4v) is 1.02. The van der Waals surface area contributed by atoms with Gasteiger partial charge in [0.05, 0.1) is 5.56 Å². The summed E-state index contributed by atoms with van der Waals surface area (Å²) in [6.07, 6.45) is 0. The van der Waals surface area contributed by atoms with Crippen LogP contribution in [0.3, 0.4) is 0 Å². The molecule has 15 heavy (non-hydrogen) atoms. The van der Waals surface area contributed by atoms with Gasteiger partial charge < -0.3 is 4.74 Å². The van der Waals surface area contributed by atoms with Crippen LogP contribution in [0.15, 0.2) is 24.3 Å². The van der Waals surface area contributed by atoms with E-state index in [4.69, 9.17) is 4.74 Å². The van der Waals surface area contributed by atoms with Crippen LogP contribution in [0.5, 0.6) is 5.75 Å². The molecule has 0 atom stereocenters. The highest BCUT2D eigenvalue weighted by Gasteiger charge is 2.14. The quantitative estimate of drug-likeness (QED) is 0.324. The average molecular weight is 206 g/mol. The Bertz CT molecular complexity index is 420. The Balaban J connectivity index is 2.99. The van der Waals surface area contributed by atoms with Gasteiger partial charge in [-0.15, -0.1) is 0 Å². The van der Waals surface area contributed by atoms with Gasteiger partial charge in [-0.1, -0.05) is 12.1 Å². The van der Waals surface area contributed by atoms with Crippen LogP contribution >= 0.6 is 0 Å². The van der Waals surface area contributed by atoms with Gasteiger partial charge in [0.25, 0.3) is 0 Å². The fraction of sp³-hybridized carbons (Fsp3) is 0.182. The highest BCUT2D eigenvalue weighted by atomic mass is 16.5. The molecule has 1 rings (SSSR count). The predicted molar refractivity (Wildman–Crippen MR) is 52.8 cm³/mol. The van der Waals surface area contributed by atoms with Crippen LogP contribution in [-0.4, -0.2) is 17.5 Å². The van der Waals surface area contributed by atoms with Crippen LogP contribution in [0.25, 0.3) is 0 Å². The molecule has 0 spiro atoms. The van der Waals surface area contributed by atoms with E-state index in [1.165, 1.54) is 19.1 Å². The highest BCUT2D eigenvalue weighted by molar-refractivity contribution is 6.33. The van der Waals surface area contributed by atoms with Gasteiger partial charge in [0, 0.05) is 6.92 Å². The smallest absolute Gasteiger partial charge is 0.379 e. The first-order chi connectivity index (χ1) is 7.02. The van der Waals surface area contributed by atoms with E-state index >= 15 is 0 Å². The molecule has 0 aliphatic carbocycles. The minimum atomic E-state index is -0.969. The van der Waals surface area contributed by atoms with E-state index in [2.05, 4.69) is 0 Å². The van der Waals surface area contributed by atoms with E-state index in [-0.39, 0.29) is 17.1 Å². The normalized spacial score (nSPS) is 9.47. The summed E-state index contributed by atoms with van der Waals surface area (Å²) in [6, 6.07) is 6.28. The Labute approximate surface area is 86.9 Å². The lowest BCUT2D eigenvalue weighted by atomic mass is 10.1. The number of benzene rings is 1. The van der Waals surface area contributed by atoms with Crippen molar-refractivity contribution in [2.24, 2.45) is 0 Å². The van der Waals surface area contributed by atoms with Crippen LogP contribution in [0.2, 0.25) is 0 Å². The van der Waals surface area contributed by atoms with E-state index in [9.17, 15) is 14.4 Å². The van der Waals surface area contributed by atoms with Crippen LogP contribution in [-0.2, 0) is 9.59 Å². The first-order valence-electron chi connectivity index (χ1n) is 4.35. The third kappa shape index (κ3) is 2.74. The molecule has 1 aromatic rings. The van der Waals surface area contributed by atoms with Crippen molar-refractivity contribution in [3.05, 3.63) is 29.8 Å². The summed E-state index contributed by atoms with van der Waals surface area (Å²) in [5, 5.41) is 0. The molecule has 0 heterocycles. The van der Waals surface area contributed by atoms with Gasteiger partial charge in [-0.2, -0.15) is 0 Å². The molecule has 0 bridgehead atoms. The monoisotopic (exact) mass is 206 g/mol. The first kappa shape index (κ1) is 11.1. The Morgan fingerprint density at radius 1 is 1.07 bits per heavy atom. The summed E-state index contributed by atoms with van der Waals surface area (Å²) >= 11 is 0. The van der Waals surface area contributed by atoms with Crippen molar-refractivity contribution in [3.8, 4) is 5.75 Å². The van der Waals surface area contributed by atoms with Crippen molar-refractivity contribution in [2.45, 2.75) is 13.8 Å². The molecule has 0 saturated heterocycles. The van der Waals surface area contributed by atoms with Crippen molar-refractivity contribution >= 4 is 17.5 Å². The van der Waals surface area contributed by atoms with Crippen LogP contribution < -0.4 is 4.74 Å². The zero-order chi connectivity index (χ0) is 11.4. The number of ketones is 2. The van der Waals surface area contributed by atoms with Crippen molar-refractivity contribution < 1.29 is 19.1 Å². The topological polar surface area (TPSA) is 60.4 Å². The van der Waals surface area contributed by atoms with Gasteiger partial charge in [-0.25, -0.2) is 4.79 Å². The second-order valence-electron chi connectivity index (χ2n) is 3.00. The van der Waals surface area contributed by atoms with E-state index in [0.717, 1.165) is 6.92 Å². The zero-order valence-corrected chi connectivity index (χ0v) is 8.44. The predicted octanol–water partition coefficient (Wildman–Crippen LogP) is 1.38. The maximum atomic E-state index is 11.1. The number of hydrogen-bond acceptors (Lipinski definition) is 4. The lowest BCUT2D eigenvalue weighted by molar-refractivity contribution is -0.146. The summed E-state index contributed by atoms with van der Waals surface area (Å²) < 4.78 is 4.76. The number of rotatable bonds is 3. The Kier molecular flexibility index (Phi) is 3.33. The number of para-hydroxylation sites is 1. The van der Waals surface area contributed by atoms with Gasteiger partial charge in [0.1, 0.15) is 5.75 Å². The molecule has 0 aliphatic heterocycles. The van der Waals surface area contributed by atoms with E-state index in [0.29, 0.717) is 0 Å². The molecule has 0 N–H and O–H groups in total. The Morgan fingerprint density at radius 3 is 2.20 bits per heavy atom. The van der Waals surface area contributed by atoms with Crippen LogP contribution in [0, 0.1) is 0 Å². The largest absolute Gasteiger partial charge is 0.420 e. The molecular formula is C11H10O4. The van der Waals surface area contributed by atoms with Gasteiger partial charge in [-0.3, -0.25) is 9.59 Å². The third-order valence-corrected chi connectivity index (χ3v) is 1.76. The Hall–Kier alpha value is -1.97. The molecule has 0 fully saturated rings. The molecule has 0 saturated carbocycles. The molecular weight excluding hydrogens is 196 g/mol. The molecule has 0 amide bonds. The number of carbonyl (C=O) groups excluding carboxylic acids is 3. The molecule has 0 unspecified atom stereocenters. The number of carbonyl (C=O) groups is 3. The van der Waals surface area contributed by atoms with Gasteiger partial charge in [-0.05, 0) is 19.1 Å². The van der Waals surface area contributed by atoms with E-state index < -0.39 is 11.8 Å². The van der Waals surface area contributed by atoms with Crippen molar-refractivity contribution in [3.63, 3.8) is 0 Å². The van der Waals surface area contributed by atoms with Gasteiger partial charge >= 0.3 is 5.97 Å². The van der Waals surface area contributed by atoms with Crippen LogP contribution in [0.4, 0.5) is 0 Å². The Morgan fingerprint density at radius 2 is 1.67 bits per heavy atom. The summed E-state index contributed by atoms with van der Waals surface area (Å²) in [4.78, 5) is 32.8. The van der Waals surface area contributed by atoms with Gasteiger partial charge in [0.15, 0.2) is 5.78 Å². The van der Waals surface area contributed by atoms with Crippen molar-refractivity contribution in [2.75, 3.05) is 0 Å². The molecule has 4 heteroatoms. The number of esters is 1. The standard InChI is InChI=1S/C11H10O4/c1-7(12)9-5-3-4-6-10(9)15-11(14)8(2)13/h3-6H,1-2H3. The van der Waals surface area contributed by atoms with E-state index in [1.807, 2.05) is 0 Å². The maximum Gasteiger partial charge on any atom is 0.379 e. The first-order valence-corrected chi connectivity index (χ1v) is 4.35. The zero-order valence-electron chi connectivity index (χ0n) is 8.44. The molecule has 4 nitrogen and oxygen atoms in total. The maximum absolute atomic E-state index is 11.1. The van der Waals surface area contributed by atoms with Crippen molar-refractivity contribution in [1.29, 1.82) is 0 Å². The van der Waals surface area contributed by atoms with Gasteiger partial charge in [0.2, 0.25) is 5.78 Å². The number of ether oxygens (including phenoxy) is 1. The highest BCUT2D eigenvalue weighted by Crippen LogP contribution is 2.18. The fourth-order valence-electron chi connectivity index (χ4n) is 1.02. The minimum absolute atomic E-state index is 0.116. The second-order valence-corrected chi connectivity index (χ2v) is 3.00. The molecule has 0 radical (unpaired) electrons. The van der Waals surface area contributed by atoms with E-state index in [1.54, 1.807) is 12.1 Å². The number of Topliss-reactive ketones (excluding diaryl/α,β-unsaturated/α-hetero) is 2.